The largest absolute Gasteiger partial charge is 0.505 e. The fraction of sp³-hybridized carbons (Fsp3) is 0.130. The van der Waals surface area contributed by atoms with E-state index in [2.05, 4.69) is 15.3 Å². The highest BCUT2D eigenvalue weighted by molar-refractivity contribution is 6.01. The highest BCUT2D eigenvalue weighted by atomic mass is 19.1. The maximum atomic E-state index is 13.2. The van der Waals surface area contributed by atoms with Gasteiger partial charge in [-0.1, -0.05) is 18.2 Å². The molecule has 1 amide bonds. The second kappa shape index (κ2) is 8.35. The van der Waals surface area contributed by atoms with Crippen molar-refractivity contribution in [2.24, 2.45) is 0 Å². The van der Waals surface area contributed by atoms with E-state index in [1.807, 2.05) is 6.07 Å². The van der Waals surface area contributed by atoms with E-state index in [-0.39, 0.29) is 23.4 Å². The van der Waals surface area contributed by atoms with E-state index in [0.717, 1.165) is 16.7 Å². The Kier molecular flexibility index (Phi) is 5.44. The van der Waals surface area contributed by atoms with Crippen LogP contribution in [0.5, 0.6) is 5.75 Å². The molecule has 0 aliphatic heterocycles. The SMILES string of the molecule is CNC(=O)c1c(O)c2ncc(Cc3ccc(F)cc3)cc2n(Cc2cccnc2)c1=O. The summed E-state index contributed by atoms with van der Waals surface area (Å²) < 4.78 is 14.6. The minimum Gasteiger partial charge on any atom is -0.505 e. The fourth-order valence-corrected chi connectivity index (χ4v) is 3.44. The molecule has 0 saturated heterocycles. The molecule has 0 fully saturated rings. The van der Waals surface area contributed by atoms with Crippen molar-refractivity contribution in [1.29, 1.82) is 0 Å². The van der Waals surface area contributed by atoms with Crippen molar-refractivity contribution >= 4 is 16.9 Å². The van der Waals surface area contributed by atoms with E-state index >= 15 is 0 Å². The average molecular weight is 418 g/mol. The number of rotatable bonds is 5. The van der Waals surface area contributed by atoms with Crippen molar-refractivity contribution in [1.82, 2.24) is 19.9 Å². The summed E-state index contributed by atoms with van der Waals surface area (Å²) in [5, 5.41) is 13.0. The van der Waals surface area contributed by atoms with Gasteiger partial charge in [0.1, 0.15) is 16.9 Å². The van der Waals surface area contributed by atoms with Gasteiger partial charge in [0.25, 0.3) is 11.5 Å². The molecule has 4 aromatic rings. The van der Waals surface area contributed by atoms with E-state index in [1.54, 1.807) is 42.9 Å². The monoisotopic (exact) mass is 418 g/mol. The molecule has 0 bridgehead atoms. The van der Waals surface area contributed by atoms with Gasteiger partial charge in [0.15, 0.2) is 5.75 Å². The summed E-state index contributed by atoms with van der Waals surface area (Å²) >= 11 is 0. The molecule has 7 nitrogen and oxygen atoms in total. The minimum atomic E-state index is -0.693. The Labute approximate surface area is 176 Å². The molecule has 0 aliphatic rings. The third kappa shape index (κ3) is 4.00. The third-order valence-corrected chi connectivity index (χ3v) is 4.97. The summed E-state index contributed by atoms with van der Waals surface area (Å²) in [7, 11) is 1.39. The summed E-state index contributed by atoms with van der Waals surface area (Å²) in [6.07, 6.45) is 5.28. The number of nitrogens with zero attached hydrogens (tertiary/aromatic N) is 3. The van der Waals surface area contributed by atoms with Crippen molar-refractivity contribution in [3.8, 4) is 5.75 Å². The molecule has 0 saturated carbocycles. The molecule has 3 heterocycles. The van der Waals surface area contributed by atoms with Crippen LogP contribution >= 0.6 is 0 Å². The van der Waals surface area contributed by atoms with E-state index in [1.165, 1.54) is 23.7 Å². The van der Waals surface area contributed by atoms with Gasteiger partial charge in [-0.05, 0) is 47.4 Å². The average Bonchev–Trinajstić information content (AvgIpc) is 2.78. The van der Waals surface area contributed by atoms with Gasteiger partial charge in [0, 0.05) is 25.6 Å². The number of hydrogen-bond acceptors (Lipinski definition) is 5. The van der Waals surface area contributed by atoms with E-state index in [4.69, 9.17) is 0 Å². The Morgan fingerprint density at radius 1 is 1.13 bits per heavy atom. The lowest BCUT2D eigenvalue weighted by Gasteiger charge is -2.15. The van der Waals surface area contributed by atoms with Crippen LogP contribution in [-0.4, -0.2) is 32.6 Å². The molecular weight excluding hydrogens is 399 g/mol. The number of amides is 1. The lowest BCUT2D eigenvalue weighted by molar-refractivity contribution is 0.0958. The molecular formula is C23H19FN4O3. The predicted octanol–water partition coefficient (Wildman–Crippen LogP) is 2.63. The zero-order chi connectivity index (χ0) is 22.0. The standard InChI is InChI=1S/C23H19FN4O3/c1-25-22(30)19-21(29)20-18(28(23(19)31)13-15-3-2-8-26-11-15)10-16(12-27-20)9-14-4-6-17(24)7-5-14/h2-8,10-12,29H,9,13H2,1H3,(H,25,30). The van der Waals surface area contributed by atoms with Crippen LogP contribution < -0.4 is 10.9 Å². The van der Waals surface area contributed by atoms with Gasteiger partial charge in [-0.15, -0.1) is 0 Å². The third-order valence-electron chi connectivity index (χ3n) is 4.97. The van der Waals surface area contributed by atoms with Crippen LogP contribution in [0.15, 0.2) is 65.8 Å². The molecule has 2 N–H and O–H groups in total. The van der Waals surface area contributed by atoms with E-state index < -0.39 is 17.2 Å². The van der Waals surface area contributed by atoms with Gasteiger partial charge >= 0.3 is 0 Å². The normalized spacial score (nSPS) is 10.9. The summed E-state index contributed by atoms with van der Waals surface area (Å²) in [4.78, 5) is 33.9. The molecule has 0 aliphatic carbocycles. The first-order valence-corrected chi connectivity index (χ1v) is 9.57. The number of halogens is 1. The van der Waals surface area contributed by atoms with Gasteiger partial charge in [-0.25, -0.2) is 4.39 Å². The Bertz CT molecular complexity index is 1320. The molecule has 0 unspecified atom stereocenters. The summed E-state index contributed by atoms with van der Waals surface area (Å²) in [5.74, 6) is -1.48. The van der Waals surface area contributed by atoms with Gasteiger partial charge in [0.05, 0.1) is 12.1 Å². The second-order valence-electron chi connectivity index (χ2n) is 7.07. The molecule has 1 aromatic carbocycles. The Balaban J connectivity index is 1.89. The molecule has 31 heavy (non-hydrogen) atoms. The smallest absolute Gasteiger partial charge is 0.268 e. The lowest BCUT2D eigenvalue weighted by atomic mass is 10.0. The summed E-state index contributed by atoms with van der Waals surface area (Å²) in [6.45, 7) is 0.148. The van der Waals surface area contributed by atoms with Crippen molar-refractivity contribution in [3.05, 3.63) is 99.5 Å². The van der Waals surface area contributed by atoms with Crippen molar-refractivity contribution in [3.63, 3.8) is 0 Å². The summed E-state index contributed by atoms with van der Waals surface area (Å²) in [6, 6.07) is 11.4. The Morgan fingerprint density at radius 2 is 1.90 bits per heavy atom. The van der Waals surface area contributed by atoms with Crippen molar-refractivity contribution in [2.45, 2.75) is 13.0 Å². The number of pyridine rings is 3. The maximum absolute atomic E-state index is 13.2. The van der Waals surface area contributed by atoms with Crippen molar-refractivity contribution < 1.29 is 14.3 Å². The number of carbonyl (C=O) groups is 1. The van der Waals surface area contributed by atoms with Gasteiger partial charge < -0.3 is 15.0 Å². The van der Waals surface area contributed by atoms with Crippen LogP contribution in [0.25, 0.3) is 11.0 Å². The number of nitrogens with one attached hydrogen (secondary N) is 1. The van der Waals surface area contributed by atoms with Gasteiger partial charge in [0.2, 0.25) is 0 Å². The zero-order valence-electron chi connectivity index (χ0n) is 16.7. The van der Waals surface area contributed by atoms with Gasteiger partial charge in [-0.3, -0.25) is 19.6 Å². The zero-order valence-corrected chi connectivity index (χ0v) is 16.7. The first-order valence-electron chi connectivity index (χ1n) is 9.57. The topological polar surface area (TPSA) is 97.1 Å². The molecule has 4 rings (SSSR count). The molecule has 3 aromatic heterocycles. The Morgan fingerprint density at radius 3 is 2.58 bits per heavy atom. The van der Waals surface area contributed by atoms with Gasteiger partial charge in [-0.2, -0.15) is 0 Å². The molecule has 0 radical (unpaired) electrons. The quantitative estimate of drug-likeness (QED) is 0.519. The summed E-state index contributed by atoms with van der Waals surface area (Å²) in [5.41, 5.74) is 1.93. The molecule has 0 spiro atoms. The molecule has 8 heteroatoms. The first-order chi connectivity index (χ1) is 15.0. The van der Waals surface area contributed by atoms with Crippen LogP contribution in [0.2, 0.25) is 0 Å². The number of carbonyl (C=O) groups excluding carboxylic acids is 1. The highest BCUT2D eigenvalue weighted by Crippen LogP contribution is 2.26. The maximum Gasteiger partial charge on any atom is 0.268 e. The highest BCUT2D eigenvalue weighted by Gasteiger charge is 2.22. The van der Waals surface area contributed by atoms with Crippen LogP contribution in [-0.2, 0) is 13.0 Å². The second-order valence-corrected chi connectivity index (χ2v) is 7.07. The van der Waals surface area contributed by atoms with E-state index in [0.29, 0.717) is 11.9 Å². The lowest BCUT2D eigenvalue weighted by Crippen LogP contribution is -2.32. The van der Waals surface area contributed by atoms with E-state index in [9.17, 15) is 19.1 Å². The predicted molar refractivity (Wildman–Crippen MR) is 114 cm³/mol. The fourth-order valence-electron chi connectivity index (χ4n) is 3.44. The number of hydrogen-bond donors (Lipinski definition) is 2. The minimum absolute atomic E-state index is 0.143. The van der Waals surface area contributed by atoms with Crippen LogP contribution in [0.1, 0.15) is 27.0 Å². The van der Waals surface area contributed by atoms with Crippen LogP contribution in [0, 0.1) is 5.82 Å². The Hall–Kier alpha value is -4.07. The number of aromatic hydroxyl groups is 1. The van der Waals surface area contributed by atoms with Crippen molar-refractivity contribution in [2.75, 3.05) is 7.05 Å². The number of fused-ring (bicyclic) bond motifs is 1. The first kappa shape index (κ1) is 20.2. The number of benzene rings is 1. The molecule has 156 valence electrons. The van der Waals surface area contributed by atoms with Crippen LogP contribution in [0.4, 0.5) is 4.39 Å². The van der Waals surface area contributed by atoms with Crippen LogP contribution in [0.3, 0.4) is 0 Å². The number of aromatic nitrogens is 3. The molecule has 0 atom stereocenters.